The van der Waals surface area contributed by atoms with E-state index in [2.05, 4.69) is 15.4 Å². The Bertz CT molecular complexity index is 1020. The molecule has 4 rings (SSSR count). The third kappa shape index (κ3) is 6.74. The molecule has 2 aromatic carbocycles. The van der Waals surface area contributed by atoms with Crippen molar-refractivity contribution in [3.63, 3.8) is 0 Å². The zero-order valence-electron chi connectivity index (χ0n) is 18.9. The van der Waals surface area contributed by atoms with Gasteiger partial charge in [-0.05, 0) is 35.7 Å². The van der Waals surface area contributed by atoms with E-state index in [9.17, 15) is 9.59 Å². The number of anilines is 1. The van der Waals surface area contributed by atoms with Gasteiger partial charge in [-0.15, -0.1) is 0 Å². The Balaban J connectivity index is 1.30. The monoisotopic (exact) mass is 483 g/mol. The highest BCUT2D eigenvalue weighted by Crippen LogP contribution is 2.31. The Morgan fingerprint density at radius 1 is 1.21 bits per heavy atom. The second kappa shape index (κ2) is 11.9. The minimum absolute atomic E-state index is 0.0142. The summed E-state index contributed by atoms with van der Waals surface area (Å²) in [4.78, 5) is 24.5. The van der Waals surface area contributed by atoms with Crippen LogP contribution in [0.15, 0.2) is 47.6 Å². The number of benzene rings is 2. The topological polar surface area (TPSA) is 100 Å². The molecule has 0 saturated carbocycles. The summed E-state index contributed by atoms with van der Waals surface area (Å²) < 4.78 is 10.8. The van der Waals surface area contributed by atoms with Crippen LogP contribution in [0.2, 0.25) is 0 Å². The molecule has 8 nitrogen and oxygen atoms in total. The van der Waals surface area contributed by atoms with Crippen molar-refractivity contribution in [2.24, 2.45) is 11.0 Å². The van der Waals surface area contributed by atoms with Crippen molar-refractivity contribution in [3.05, 3.63) is 59.2 Å². The summed E-state index contributed by atoms with van der Waals surface area (Å²) in [6.07, 6.45) is 2.77. The van der Waals surface area contributed by atoms with Gasteiger partial charge in [0, 0.05) is 47.8 Å². The lowest BCUT2D eigenvalue weighted by Crippen LogP contribution is -2.27. The van der Waals surface area contributed by atoms with Crippen molar-refractivity contribution in [2.45, 2.75) is 12.8 Å². The van der Waals surface area contributed by atoms with Crippen LogP contribution >= 0.6 is 11.8 Å². The first-order chi connectivity index (χ1) is 16.6. The fraction of sp³-hybridized carbons (Fsp3) is 0.400. The molecule has 0 aromatic heterocycles. The minimum atomic E-state index is -0.335. The fourth-order valence-corrected chi connectivity index (χ4v) is 4.72. The molecule has 0 aliphatic carbocycles. The number of nitrogens with zero attached hydrogens (tertiary/aromatic N) is 2. The van der Waals surface area contributed by atoms with Crippen LogP contribution in [0.25, 0.3) is 0 Å². The summed E-state index contributed by atoms with van der Waals surface area (Å²) >= 11 is 1.95. The first kappa shape index (κ1) is 24.1. The minimum Gasteiger partial charge on any atom is -0.493 e. The van der Waals surface area contributed by atoms with Crippen LogP contribution in [0.3, 0.4) is 0 Å². The summed E-state index contributed by atoms with van der Waals surface area (Å²) in [5.74, 6) is 2.40. The van der Waals surface area contributed by atoms with Crippen LogP contribution in [-0.2, 0) is 16.0 Å². The van der Waals surface area contributed by atoms with Gasteiger partial charge in [0.1, 0.15) is 12.4 Å². The second-order valence-electron chi connectivity index (χ2n) is 8.24. The molecule has 1 fully saturated rings. The standard InChI is InChI=1S/C25H29N3O5S/c29-9-10-32-24(30)14-19-13-21-5-6-22(15-23(21)33-17-19)27-25(31)20-3-1-18(2-4-20)16-26-28-7-11-34-12-8-28/h1-6,15-16,19,29H,7-14,17H2,(H,27,31). The number of carbonyl (C=O) groups is 2. The van der Waals surface area contributed by atoms with Crippen LogP contribution < -0.4 is 10.1 Å². The molecule has 0 spiro atoms. The molecule has 1 atom stereocenters. The molecule has 180 valence electrons. The number of hydrogen-bond donors (Lipinski definition) is 2. The number of rotatable bonds is 8. The highest BCUT2D eigenvalue weighted by atomic mass is 32.2. The lowest BCUT2D eigenvalue weighted by molar-refractivity contribution is -0.146. The van der Waals surface area contributed by atoms with Crippen molar-refractivity contribution in [1.29, 1.82) is 0 Å². The number of ether oxygens (including phenoxy) is 2. The van der Waals surface area contributed by atoms with Gasteiger partial charge in [0.2, 0.25) is 0 Å². The van der Waals surface area contributed by atoms with E-state index in [4.69, 9.17) is 14.6 Å². The number of nitrogens with one attached hydrogen (secondary N) is 1. The van der Waals surface area contributed by atoms with Crippen molar-refractivity contribution in [3.8, 4) is 5.75 Å². The quantitative estimate of drug-likeness (QED) is 0.440. The number of amides is 1. The number of esters is 1. The Morgan fingerprint density at radius 2 is 2.00 bits per heavy atom. The summed E-state index contributed by atoms with van der Waals surface area (Å²) in [5, 5.41) is 18.3. The normalized spacial score (nSPS) is 17.7. The van der Waals surface area contributed by atoms with Gasteiger partial charge < -0.3 is 19.9 Å². The summed E-state index contributed by atoms with van der Waals surface area (Å²) in [7, 11) is 0. The summed E-state index contributed by atoms with van der Waals surface area (Å²) in [6, 6.07) is 12.9. The van der Waals surface area contributed by atoms with E-state index in [0.717, 1.165) is 35.7 Å². The Morgan fingerprint density at radius 3 is 2.76 bits per heavy atom. The highest BCUT2D eigenvalue weighted by Gasteiger charge is 2.23. The number of hydrazone groups is 1. The second-order valence-corrected chi connectivity index (χ2v) is 9.46. The lowest BCUT2D eigenvalue weighted by Gasteiger charge is -2.25. The van der Waals surface area contributed by atoms with Gasteiger partial charge in [-0.3, -0.25) is 14.6 Å². The zero-order chi connectivity index (χ0) is 23.8. The molecule has 1 unspecified atom stereocenters. The van der Waals surface area contributed by atoms with E-state index in [0.29, 0.717) is 30.0 Å². The van der Waals surface area contributed by atoms with Gasteiger partial charge in [0.25, 0.3) is 5.91 Å². The molecule has 34 heavy (non-hydrogen) atoms. The van der Waals surface area contributed by atoms with Crippen LogP contribution in [-0.4, -0.2) is 72.6 Å². The van der Waals surface area contributed by atoms with Crippen LogP contribution in [0, 0.1) is 5.92 Å². The van der Waals surface area contributed by atoms with Crippen LogP contribution in [0.5, 0.6) is 5.75 Å². The van der Waals surface area contributed by atoms with E-state index >= 15 is 0 Å². The summed E-state index contributed by atoms with van der Waals surface area (Å²) in [5.41, 5.74) is 3.15. The number of carbonyl (C=O) groups excluding carboxylic acids is 2. The predicted molar refractivity (Wildman–Crippen MR) is 133 cm³/mol. The molecule has 0 radical (unpaired) electrons. The van der Waals surface area contributed by atoms with Gasteiger partial charge in [-0.2, -0.15) is 16.9 Å². The largest absolute Gasteiger partial charge is 0.493 e. The van der Waals surface area contributed by atoms with Gasteiger partial charge in [-0.1, -0.05) is 18.2 Å². The molecule has 1 saturated heterocycles. The summed E-state index contributed by atoms with van der Waals surface area (Å²) in [6.45, 7) is 2.16. The van der Waals surface area contributed by atoms with E-state index in [1.807, 2.05) is 48.3 Å². The number of thioether (sulfide) groups is 1. The Hall–Kier alpha value is -3.04. The van der Waals surface area contributed by atoms with Gasteiger partial charge in [0.05, 0.1) is 25.8 Å². The fourth-order valence-electron chi connectivity index (χ4n) is 3.84. The highest BCUT2D eigenvalue weighted by molar-refractivity contribution is 7.99. The molecule has 2 aliphatic heterocycles. The average molecular weight is 484 g/mol. The van der Waals surface area contributed by atoms with Gasteiger partial charge >= 0.3 is 5.97 Å². The number of aliphatic hydroxyl groups excluding tert-OH is 1. The molecule has 2 N–H and O–H groups in total. The van der Waals surface area contributed by atoms with Crippen LogP contribution in [0.1, 0.15) is 27.9 Å². The van der Waals surface area contributed by atoms with Gasteiger partial charge in [0.15, 0.2) is 0 Å². The van der Waals surface area contributed by atoms with Crippen LogP contribution in [0.4, 0.5) is 5.69 Å². The first-order valence-electron chi connectivity index (χ1n) is 11.4. The molecular weight excluding hydrogens is 454 g/mol. The van der Waals surface area contributed by atoms with E-state index in [-0.39, 0.29) is 37.4 Å². The van der Waals surface area contributed by atoms with Crippen molar-refractivity contribution < 1.29 is 24.2 Å². The molecule has 9 heteroatoms. The SMILES string of the molecule is O=C(CC1COc2cc(NC(=O)c3ccc(C=NN4CCSCC4)cc3)ccc2C1)OCCO. The number of hydrogen-bond acceptors (Lipinski definition) is 8. The van der Waals surface area contributed by atoms with E-state index in [1.165, 1.54) is 0 Å². The smallest absolute Gasteiger partial charge is 0.306 e. The predicted octanol–water partition coefficient (Wildman–Crippen LogP) is 2.80. The van der Waals surface area contributed by atoms with Crippen molar-refractivity contribution in [1.82, 2.24) is 5.01 Å². The third-order valence-electron chi connectivity index (χ3n) is 5.65. The zero-order valence-corrected chi connectivity index (χ0v) is 19.8. The van der Waals surface area contributed by atoms with Crippen molar-refractivity contribution >= 4 is 35.5 Å². The molecular formula is C25H29N3O5S. The molecule has 2 heterocycles. The van der Waals surface area contributed by atoms with E-state index in [1.54, 1.807) is 12.1 Å². The lowest BCUT2D eigenvalue weighted by atomic mass is 9.94. The maximum Gasteiger partial charge on any atom is 0.306 e. The Kier molecular flexibility index (Phi) is 8.43. The number of aliphatic hydroxyl groups is 1. The van der Waals surface area contributed by atoms with Gasteiger partial charge in [-0.25, -0.2) is 0 Å². The Labute approximate surface area is 203 Å². The molecule has 1 amide bonds. The third-order valence-corrected chi connectivity index (χ3v) is 6.59. The molecule has 0 bridgehead atoms. The average Bonchev–Trinajstić information content (AvgIpc) is 2.87. The molecule has 2 aromatic rings. The maximum absolute atomic E-state index is 12.7. The van der Waals surface area contributed by atoms with E-state index < -0.39 is 0 Å². The molecule has 2 aliphatic rings. The van der Waals surface area contributed by atoms with Crippen molar-refractivity contribution in [2.75, 3.05) is 49.7 Å². The first-order valence-corrected chi connectivity index (χ1v) is 12.6. The maximum atomic E-state index is 12.7. The number of fused-ring (bicyclic) bond motifs is 1.